The first kappa shape index (κ1) is 18.5. The number of rotatable bonds is 4. The Labute approximate surface area is 148 Å². The minimum atomic E-state index is -1.42. The minimum absolute atomic E-state index is 0.0276. The number of carbonyl (C=O) groups is 2. The number of carbonyl (C=O) groups excluding carboxylic acids is 2. The molecule has 2 aliphatic rings. The highest BCUT2D eigenvalue weighted by Gasteiger charge is 2.35. The summed E-state index contributed by atoms with van der Waals surface area (Å²) >= 11 is 0. The first-order valence-corrected chi connectivity index (χ1v) is 8.40. The van der Waals surface area contributed by atoms with Gasteiger partial charge in [0.25, 0.3) is 0 Å². The molecule has 0 spiro atoms. The molecule has 0 bridgehead atoms. The van der Waals surface area contributed by atoms with E-state index in [1.807, 2.05) is 0 Å². The SMILES string of the molecule is C[C@@H](NC(=O)CN1Cc2c(F)cccc2OC1=O)C1NCC(F)CC1F. The summed E-state index contributed by atoms with van der Waals surface area (Å²) in [4.78, 5) is 25.2. The van der Waals surface area contributed by atoms with Gasteiger partial charge in [-0.1, -0.05) is 6.07 Å². The molecule has 1 aromatic rings. The molecule has 2 amide bonds. The number of halogens is 3. The first-order valence-electron chi connectivity index (χ1n) is 8.40. The number of nitrogens with zero attached hydrogens (tertiary/aromatic N) is 1. The van der Waals surface area contributed by atoms with Gasteiger partial charge in [-0.2, -0.15) is 0 Å². The van der Waals surface area contributed by atoms with E-state index in [4.69, 9.17) is 4.74 Å². The van der Waals surface area contributed by atoms with Crippen LogP contribution in [0.1, 0.15) is 18.9 Å². The summed E-state index contributed by atoms with van der Waals surface area (Å²) in [6.07, 6.45) is -3.64. The zero-order valence-corrected chi connectivity index (χ0v) is 14.2. The number of piperidine rings is 1. The van der Waals surface area contributed by atoms with Crippen molar-refractivity contribution in [2.24, 2.45) is 0 Å². The summed E-state index contributed by atoms with van der Waals surface area (Å²) in [5, 5.41) is 5.33. The van der Waals surface area contributed by atoms with Crippen molar-refractivity contribution < 1.29 is 27.5 Å². The number of benzene rings is 1. The van der Waals surface area contributed by atoms with Gasteiger partial charge < -0.3 is 15.4 Å². The van der Waals surface area contributed by atoms with E-state index >= 15 is 0 Å². The van der Waals surface area contributed by atoms with Crippen LogP contribution in [0.15, 0.2) is 18.2 Å². The second kappa shape index (κ2) is 7.53. The van der Waals surface area contributed by atoms with E-state index in [0.29, 0.717) is 0 Å². The predicted molar refractivity (Wildman–Crippen MR) is 86.6 cm³/mol. The summed E-state index contributed by atoms with van der Waals surface area (Å²) in [5.41, 5.74) is 0.194. The summed E-state index contributed by atoms with van der Waals surface area (Å²) in [6, 6.07) is 2.83. The lowest BCUT2D eigenvalue weighted by atomic mass is 9.96. The standard InChI is InChI=1S/C17H20F3N3O3/c1-9(16-13(20)5-10(18)6-21-16)22-15(24)8-23-7-11-12(19)3-2-4-14(11)26-17(23)25/h2-4,9-10,13,16,21H,5-8H2,1H3,(H,22,24)/t9-,10?,13?,16?/m1/s1. The smallest absolute Gasteiger partial charge is 0.410 e. The number of alkyl halides is 2. The molecule has 4 atom stereocenters. The molecule has 0 radical (unpaired) electrons. The van der Waals surface area contributed by atoms with E-state index in [0.717, 1.165) is 4.90 Å². The van der Waals surface area contributed by atoms with Crippen molar-refractivity contribution in [1.29, 1.82) is 0 Å². The Kier molecular flexibility index (Phi) is 5.36. The number of hydrogen-bond acceptors (Lipinski definition) is 4. The molecule has 2 heterocycles. The third kappa shape index (κ3) is 3.92. The average Bonchev–Trinajstić information content (AvgIpc) is 2.56. The van der Waals surface area contributed by atoms with Gasteiger partial charge in [-0.25, -0.2) is 18.0 Å². The Bertz CT molecular complexity index is 703. The predicted octanol–water partition coefficient (Wildman–Crippen LogP) is 1.68. The van der Waals surface area contributed by atoms with Gasteiger partial charge in [-0.15, -0.1) is 0 Å². The van der Waals surface area contributed by atoms with Crippen LogP contribution in [-0.2, 0) is 11.3 Å². The fourth-order valence-corrected chi connectivity index (χ4v) is 3.24. The fourth-order valence-electron chi connectivity index (χ4n) is 3.24. The zero-order chi connectivity index (χ0) is 18.8. The van der Waals surface area contributed by atoms with E-state index < -0.39 is 42.2 Å². The van der Waals surface area contributed by atoms with Crippen LogP contribution in [0.2, 0.25) is 0 Å². The summed E-state index contributed by atoms with van der Waals surface area (Å²) in [7, 11) is 0. The Hall–Kier alpha value is -2.29. The molecule has 26 heavy (non-hydrogen) atoms. The molecular formula is C17H20F3N3O3. The van der Waals surface area contributed by atoms with Crippen molar-refractivity contribution in [3.05, 3.63) is 29.6 Å². The molecule has 1 aromatic carbocycles. The van der Waals surface area contributed by atoms with Gasteiger partial charge in [0.15, 0.2) is 0 Å². The molecule has 3 unspecified atom stereocenters. The van der Waals surface area contributed by atoms with Crippen LogP contribution >= 0.6 is 0 Å². The molecule has 0 aromatic heterocycles. The lowest BCUT2D eigenvalue weighted by Gasteiger charge is -2.34. The Balaban J connectivity index is 1.58. The highest BCUT2D eigenvalue weighted by Crippen LogP contribution is 2.27. The maximum atomic E-state index is 13.9. The number of ether oxygens (including phenoxy) is 1. The van der Waals surface area contributed by atoms with Crippen molar-refractivity contribution >= 4 is 12.0 Å². The number of nitrogens with one attached hydrogen (secondary N) is 2. The summed E-state index contributed by atoms with van der Waals surface area (Å²) in [6.45, 7) is 1.18. The normalized spacial score (nSPS) is 26.7. The highest BCUT2D eigenvalue weighted by molar-refractivity contribution is 5.83. The quantitative estimate of drug-likeness (QED) is 0.845. The molecule has 1 fully saturated rings. The molecule has 0 aliphatic carbocycles. The highest BCUT2D eigenvalue weighted by atomic mass is 19.1. The zero-order valence-electron chi connectivity index (χ0n) is 14.2. The third-order valence-corrected chi connectivity index (χ3v) is 4.59. The van der Waals surface area contributed by atoms with Crippen LogP contribution < -0.4 is 15.4 Å². The van der Waals surface area contributed by atoms with Crippen LogP contribution in [0, 0.1) is 5.82 Å². The third-order valence-electron chi connectivity index (χ3n) is 4.59. The van der Waals surface area contributed by atoms with Gasteiger partial charge in [0.1, 0.15) is 30.5 Å². The van der Waals surface area contributed by atoms with E-state index in [-0.39, 0.29) is 37.4 Å². The number of amides is 2. The average molecular weight is 371 g/mol. The first-order chi connectivity index (χ1) is 12.3. The molecule has 9 heteroatoms. The van der Waals surface area contributed by atoms with Crippen molar-refractivity contribution in [2.45, 2.75) is 44.3 Å². The van der Waals surface area contributed by atoms with Crippen LogP contribution in [0.5, 0.6) is 5.75 Å². The second-order valence-corrected chi connectivity index (χ2v) is 6.58. The maximum Gasteiger partial charge on any atom is 0.416 e. The molecule has 2 N–H and O–H groups in total. The lowest BCUT2D eigenvalue weighted by Crippen LogP contribution is -2.58. The lowest BCUT2D eigenvalue weighted by molar-refractivity contribution is -0.123. The molecule has 142 valence electrons. The monoisotopic (exact) mass is 371 g/mol. The van der Waals surface area contributed by atoms with Crippen molar-refractivity contribution in [3.8, 4) is 5.75 Å². The molecule has 1 saturated heterocycles. The summed E-state index contributed by atoms with van der Waals surface area (Å²) < 4.78 is 46.0. The van der Waals surface area contributed by atoms with Crippen LogP contribution in [0.4, 0.5) is 18.0 Å². The van der Waals surface area contributed by atoms with Gasteiger partial charge in [0, 0.05) is 19.0 Å². The van der Waals surface area contributed by atoms with Crippen molar-refractivity contribution in [1.82, 2.24) is 15.5 Å². The Morgan fingerprint density at radius 3 is 2.96 bits per heavy atom. The van der Waals surface area contributed by atoms with Gasteiger partial charge in [-0.05, 0) is 19.1 Å². The van der Waals surface area contributed by atoms with E-state index in [1.165, 1.54) is 18.2 Å². The van der Waals surface area contributed by atoms with Crippen molar-refractivity contribution in [3.63, 3.8) is 0 Å². The summed E-state index contributed by atoms with van der Waals surface area (Å²) in [5.74, 6) is -0.931. The van der Waals surface area contributed by atoms with E-state index in [2.05, 4.69) is 10.6 Å². The van der Waals surface area contributed by atoms with Gasteiger partial charge in [0.05, 0.1) is 18.2 Å². The van der Waals surface area contributed by atoms with Crippen LogP contribution in [0.25, 0.3) is 0 Å². The van der Waals surface area contributed by atoms with E-state index in [1.54, 1.807) is 6.92 Å². The van der Waals surface area contributed by atoms with Gasteiger partial charge >= 0.3 is 6.09 Å². The fraction of sp³-hybridized carbons (Fsp3) is 0.529. The molecule has 6 nitrogen and oxygen atoms in total. The minimum Gasteiger partial charge on any atom is -0.410 e. The topological polar surface area (TPSA) is 70.7 Å². The van der Waals surface area contributed by atoms with Crippen molar-refractivity contribution in [2.75, 3.05) is 13.1 Å². The Morgan fingerprint density at radius 1 is 1.46 bits per heavy atom. The second-order valence-electron chi connectivity index (χ2n) is 6.58. The van der Waals surface area contributed by atoms with Crippen LogP contribution in [0.3, 0.4) is 0 Å². The molecule has 0 saturated carbocycles. The number of fused-ring (bicyclic) bond motifs is 1. The molecule has 3 rings (SSSR count). The van der Waals surface area contributed by atoms with Gasteiger partial charge in [-0.3, -0.25) is 9.69 Å². The largest absolute Gasteiger partial charge is 0.416 e. The molecular weight excluding hydrogens is 351 g/mol. The Morgan fingerprint density at radius 2 is 2.23 bits per heavy atom. The molecule has 2 aliphatic heterocycles. The van der Waals surface area contributed by atoms with Crippen LogP contribution in [-0.4, -0.2) is 54.4 Å². The maximum absolute atomic E-state index is 13.9. The number of hydrogen-bond donors (Lipinski definition) is 2. The van der Waals surface area contributed by atoms with Gasteiger partial charge in [0.2, 0.25) is 5.91 Å². The van der Waals surface area contributed by atoms with E-state index in [9.17, 15) is 22.8 Å².